The highest BCUT2D eigenvalue weighted by molar-refractivity contribution is 9.11. The maximum atomic E-state index is 3.72. The van der Waals surface area contributed by atoms with Crippen LogP contribution in [0, 0.1) is 19.3 Å². The number of thiophene rings is 2. The molecule has 4 heteroatoms. The second kappa shape index (κ2) is 7.40. The highest BCUT2D eigenvalue weighted by Gasteiger charge is 2.40. The van der Waals surface area contributed by atoms with E-state index in [0.717, 1.165) is 12.8 Å². The van der Waals surface area contributed by atoms with Crippen LogP contribution in [0.25, 0.3) is 31.3 Å². The van der Waals surface area contributed by atoms with Gasteiger partial charge in [-0.3, -0.25) is 0 Å². The van der Waals surface area contributed by atoms with Gasteiger partial charge in [0.05, 0.1) is 7.57 Å². The van der Waals surface area contributed by atoms with Gasteiger partial charge in [-0.15, -0.1) is 22.7 Å². The second-order valence-electron chi connectivity index (χ2n) is 10.3. The summed E-state index contributed by atoms with van der Waals surface area (Å²) in [5.74, 6) is 0. The summed E-state index contributed by atoms with van der Waals surface area (Å²) in [4.78, 5) is 0. The number of halogens is 2. The molecular weight excluding hydrogens is 572 g/mol. The Kier molecular flexibility index (Phi) is 4.99. The third kappa shape index (κ3) is 3.10. The van der Waals surface area contributed by atoms with Gasteiger partial charge in [0.1, 0.15) is 0 Å². The quantitative estimate of drug-likeness (QED) is 0.215. The number of allylic oxidation sites excluding steroid dienone is 4. The monoisotopic (exact) mass is 596 g/mol. The van der Waals surface area contributed by atoms with E-state index in [-0.39, 0.29) is 5.41 Å². The predicted molar refractivity (Wildman–Crippen MR) is 155 cm³/mol. The van der Waals surface area contributed by atoms with E-state index in [1.807, 2.05) is 22.7 Å². The van der Waals surface area contributed by atoms with Crippen molar-refractivity contribution in [1.29, 1.82) is 0 Å². The van der Waals surface area contributed by atoms with Gasteiger partial charge in [-0.1, -0.05) is 25.0 Å². The lowest BCUT2D eigenvalue weighted by molar-refractivity contribution is 0.669. The van der Waals surface area contributed by atoms with Gasteiger partial charge in [0, 0.05) is 14.8 Å². The molecule has 168 valence electrons. The van der Waals surface area contributed by atoms with Gasteiger partial charge < -0.3 is 0 Å². The van der Waals surface area contributed by atoms with Crippen LogP contribution in [-0.2, 0) is 12.8 Å². The van der Waals surface area contributed by atoms with Gasteiger partial charge in [-0.2, -0.15) is 0 Å². The van der Waals surface area contributed by atoms with E-state index < -0.39 is 0 Å². The van der Waals surface area contributed by atoms with E-state index in [2.05, 4.69) is 97.7 Å². The van der Waals surface area contributed by atoms with Crippen molar-refractivity contribution in [1.82, 2.24) is 0 Å². The average Bonchev–Trinajstić information content (AvgIpc) is 3.45. The topological polar surface area (TPSA) is 0 Å². The molecule has 2 aromatic heterocycles. The molecule has 0 bridgehead atoms. The first-order valence-electron chi connectivity index (χ1n) is 11.4. The number of fused-ring (bicyclic) bond motifs is 4. The Balaban J connectivity index is 1.57. The number of hydrogen-bond donors (Lipinski definition) is 0. The van der Waals surface area contributed by atoms with Crippen molar-refractivity contribution < 1.29 is 0 Å². The molecule has 2 aliphatic carbocycles. The van der Waals surface area contributed by atoms with Gasteiger partial charge in [0.25, 0.3) is 0 Å². The molecule has 2 aliphatic rings. The first-order chi connectivity index (χ1) is 15.6. The standard InChI is InChI=1S/C29H26Br2S2/c1-13-7-17-15(3)19-11-25(30)32-23(19)9-21(17)27(13)29(5,6)28-14(2)8-18-16(4)20-12-26(31)33-24(20)10-22(18)28/h9-12H,7-8H2,1-6H3. The zero-order valence-electron chi connectivity index (χ0n) is 19.8. The fourth-order valence-corrected chi connectivity index (χ4v) is 9.92. The van der Waals surface area contributed by atoms with Crippen molar-refractivity contribution in [2.24, 2.45) is 5.41 Å². The minimum Gasteiger partial charge on any atom is -0.128 e. The zero-order valence-corrected chi connectivity index (χ0v) is 24.6. The second-order valence-corrected chi connectivity index (χ2v) is 15.2. The lowest BCUT2D eigenvalue weighted by Crippen LogP contribution is -2.17. The van der Waals surface area contributed by atoms with Crippen molar-refractivity contribution >= 4 is 85.9 Å². The summed E-state index contributed by atoms with van der Waals surface area (Å²) in [5, 5.41) is 2.81. The largest absolute Gasteiger partial charge is 0.128 e. The molecule has 0 amide bonds. The number of hydrogen-bond acceptors (Lipinski definition) is 2. The molecule has 33 heavy (non-hydrogen) atoms. The summed E-state index contributed by atoms with van der Waals surface area (Å²) in [6.07, 6.45) is 2.14. The molecule has 0 atom stereocenters. The van der Waals surface area contributed by atoms with Crippen LogP contribution in [0.5, 0.6) is 0 Å². The van der Waals surface area contributed by atoms with Crippen LogP contribution in [-0.4, -0.2) is 0 Å². The Hall–Kier alpha value is -1.20. The molecule has 0 radical (unpaired) electrons. The number of benzene rings is 2. The van der Waals surface area contributed by atoms with Crippen LogP contribution in [0.1, 0.15) is 61.1 Å². The summed E-state index contributed by atoms with van der Waals surface area (Å²) in [6.45, 7) is 14.3. The summed E-state index contributed by atoms with van der Waals surface area (Å²) >= 11 is 11.1. The molecule has 0 fully saturated rings. The molecule has 0 nitrogen and oxygen atoms in total. The Labute approximate surface area is 220 Å². The lowest BCUT2D eigenvalue weighted by atomic mass is 9.71. The summed E-state index contributed by atoms with van der Waals surface area (Å²) in [6, 6.07) is 9.52. The van der Waals surface area contributed by atoms with E-state index in [9.17, 15) is 0 Å². The number of aryl methyl sites for hydroxylation is 2. The third-order valence-corrected chi connectivity index (χ3v) is 11.1. The lowest BCUT2D eigenvalue weighted by Gasteiger charge is -2.32. The fraction of sp³-hybridized carbons (Fsp3) is 0.310. The molecule has 0 saturated heterocycles. The molecule has 4 aromatic rings. The molecule has 2 aromatic carbocycles. The Morgan fingerprint density at radius 2 is 1.06 bits per heavy atom. The molecule has 6 rings (SSSR count). The molecule has 0 aliphatic heterocycles. The van der Waals surface area contributed by atoms with Crippen LogP contribution >= 0.6 is 54.5 Å². The first kappa shape index (κ1) is 22.3. The zero-order chi connectivity index (χ0) is 23.4. The van der Waals surface area contributed by atoms with Crippen molar-refractivity contribution in [3.63, 3.8) is 0 Å². The van der Waals surface area contributed by atoms with E-state index in [1.165, 1.54) is 72.3 Å². The van der Waals surface area contributed by atoms with Gasteiger partial charge in [0.15, 0.2) is 0 Å². The Morgan fingerprint density at radius 3 is 1.45 bits per heavy atom. The maximum Gasteiger partial charge on any atom is 0.0711 e. The van der Waals surface area contributed by atoms with Gasteiger partial charge in [0.2, 0.25) is 0 Å². The third-order valence-electron chi connectivity index (χ3n) is 7.90. The van der Waals surface area contributed by atoms with Crippen LogP contribution in [0.15, 0.2) is 43.0 Å². The predicted octanol–water partition coefficient (Wildman–Crippen LogP) is 10.6. The van der Waals surface area contributed by atoms with E-state index in [4.69, 9.17) is 0 Å². The highest BCUT2D eigenvalue weighted by atomic mass is 79.9. The van der Waals surface area contributed by atoms with E-state index in [0.29, 0.717) is 0 Å². The number of rotatable bonds is 2. The Bertz CT molecular complexity index is 1470. The SMILES string of the molecule is CC1=C(C(C)(C)C2=C(C)Cc3c2cc2sc(Br)cc2c3C)c2cc3sc(Br)cc3c(C)c2C1. The maximum absolute atomic E-state index is 3.72. The van der Waals surface area contributed by atoms with Gasteiger partial charge >= 0.3 is 0 Å². The normalized spacial score (nSPS) is 16.0. The van der Waals surface area contributed by atoms with Crippen LogP contribution < -0.4 is 0 Å². The molecular formula is C29H26Br2S2. The minimum absolute atomic E-state index is 0.0477. The van der Waals surface area contributed by atoms with Crippen LogP contribution in [0.4, 0.5) is 0 Å². The van der Waals surface area contributed by atoms with Crippen LogP contribution in [0.2, 0.25) is 0 Å². The van der Waals surface area contributed by atoms with Crippen molar-refractivity contribution in [3.8, 4) is 0 Å². The molecule has 0 spiro atoms. The van der Waals surface area contributed by atoms with Crippen molar-refractivity contribution in [2.75, 3.05) is 0 Å². The molecule has 0 unspecified atom stereocenters. The molecule has 0 saturated carbocycles. The summed E-state index contributed by atoms with van der Waals surface area (Å²) < 4.78 is 5.21. The average molecular weight is 598 g/mol. The Morgan fingerprint density at radius 1 is 0.667 bits per heavy atom. The van der Waals surface area contributed by atoms with Gasteiger partial charge in [-0.25, -0.2) is 0 Å². The van der Waals surface area contributed by atoms with Crippen LogP contribution in [0.3, 0.4) is 0 Å². The molecule has 2 heterocycles. The summed E-state index contributed by atoms with van der Waals surface area (Å²) in [7, 11) is 0. The van der Waals surface area contributed by atoms with E-state index >= 15 is 0 Å². The van der Waals surface area contributed by atoms with E-state index in [1.54, 1.807) is 11.1 Å². The highest BCUT2D eigenvalue weighted by Crippen LogP contribution is 2.57. The van der Waals surface area contributed by atoms with Gasteiger partial charge in [-0.05, 0) is 152 Å². The smallest absolute Gasteiger partial charge is 0.0711 e. The summed E-state index contributed by atoms with van der Waals surface area (Å²) in [5.41, 5.74) is 15.0. The van der Waals surface area contributed by atoms with Crippen molar-refractivity contribution in [3.05, 3.63) is 76.4 Å². The molecule has 0 N–H and O–H groups in total. The van der Waals surface area contributed by atoms with Crippen molar-refractivity contribution in [2.45, 2.75) is 54.4 Å². The fourth-order valence-electron chi connectivity index (χ4n) is 6.65. The first-order valence-corrected chi connectivity index (χ1v) is 14.6. The minimum atomic E-state index is -0.0477.